The van der Waals surface area contributed by atoms with E-state index in [2.05, 4.69) is 15.3 Å². The lowest BCUT2D eigenvalue weighted by Gasteiger charge is -2.12. The molecule has 25 heavy (non-hydrogen) atoms. The van der Waals surface area contributed by atoms with E-state index < -0.39 is 0 Å². The van der Waals surface area contributed by atoms with Gasteiger partial charge in [-0.3, -0.25) is 9.78 Å². The number of aromatic nitrogens is 2. The molecule has 0 spiro atoms. The molecule has 0 saturated heterocycles. The summed E-state index contributed by atoms with van der Waals surface area (Å²) < 4.78 is 10.8. The molecule has 0 unspecified atom stereocenters. The van der Waals surface area contributed by atoms with Crippen molar-refractivity contribution in [3.05, 3.63) is 78.3 Å². The van der Waals surface area contributed by atoms with E-state index in [1.165, 1.54) is 6.26 Å². The number of hydrogen-bond acceptors (Lipinski definition) is 5. The number of carbonyl (C=O) groups is 1. The van der Waals surface area contributed by atoms with Gasteiger partial charge in [0.15, 0.2) is 12.3 Å². The van der Waals surface area contributed by atoms with Gasteiger partial charge in [-0.1, -0.05) is 24.3 Å². The zero-order valence-corrected chi connectivity index (χ0v) is 13.9. The lowest BCUT2D eigenvalue weighted by atomic mass is 10.1. The van der Waals surface area contributed by atoms with Crippen molar-refractivity contribution in [3.63, 3.8) is 0 Å². The molecule has 0 bridgehead atoms. The Balaban J connectivity index is 1.51. The number of para-hydroxylation sites is 1. The molecule has 3 aromatic rings. The third-order valence-corrected chi connectivity index (χ3v) is 3.51. The minimum atomic E-state index is -0.279. The van der Waals surface area contributed by atoms with E-state index in [4.69, 9.17) is 9.15 Å². The Morgan fingerprint density at radius 3 is 2.76 bits per heavy atom. The summed E-state index contributed by atoms with van der Waals surface area (Å²) in [4.78, 5) is 20.7. The number of carbonyl (C=O) groups excluding carboxylic acids is 1. The molecule has 0 radical (unpaired) electrons. The molecule has 0 fully saturated rings. The summed E-state index contributed by atoms with van der Waals surface area (Å²) in [7, 11) is 0. The van der Waals surface area contributed by atoms with Gasteiger partial charge in [0, 0.05) is 24.4 Å². The number of hydrogen-bond donors (Lipinski definition) is 1. The molecule has 128 valence electrons. The maximum atomic E-state index is 12.2. The minimum absolute atomic E-state index is 0.0666. The highest BCUT2D eigenvalue weighted by molar-refractivity contribution is 5.92. The predicted molar refractivity (Wildman–Crippen MR) is 92.1 cm³/mol. The van der Waals surface area contributed by atoms with Gasteiger partial charge < -0.3 is 14.5 Å². The highest BCUT2D eigenvalue weighted by atomic mass is 16.5. The van der Waals surface area contributed by atoms with Crippen LogP contribution in [-0.2, 0) is 13.0 Å². The molecule has 1 amide bonds. The average molecular weight is 337 g/mol. The number of pyridine rings is 1. The third kappa shape index (κ3) is 4.91. The van der Waals surface area contributed by atoms with Gasteiger partial charge in [0.2, 0.25) is 5.89 Å². The Hall–Kier alpha value is -3.15. The molecule has 1 N–H and O–H groups in total. The zero-order valence-electron chi connectivity index (χ0n) is 13.9. The second kappa shape index (κ2) is 8.10. The fourth-order valence-electron chi connectivity index (χ4n) is 2.32. The first-order chi connectivity index (χ1) is 12.2. The van der Waals surface area contributed by atoms with Crippen molar-refractivity contribution in [3.8, 4) is 5.75 Å². The monoisotopic (exact) mass is 337 g/mol. The first-order valence-corrected chi connectivity index (χ1v) is 8.04. The number of ether oxygens (including phenoxy) is 1. The van der Waals surface area contributed by atoms with Crippen LogP contribution in [-0.4, -0.2) is 21.9 Å². The van der Waals surface area contributed by atoms with Gasteiger partial charge >= 0.3 is 0 Å². The van der Waals surface area contributed by atoms with Crippen molar-refractivity contribution in [2.24, 2.45) is 0 Å². The smallest absolute Gasteiger partial charge is 0.273 e. The van der Waals surface area contributed by atoms with Crippen molar-refractivity contribution in [2.75, 3.05) is 0 Å². The number of oxazole rings is 1. The maximum Gasteiger partial charge on any atom is 0.273 e. The van der Waals surface area contributed by atoms with Gasteiger partial charge in [-0.25, -0.2) is 4.98 Å². The van der Waals surface area contributed by atoms with Crippen LogP contribution < -0.4 is 10.1 Å². The number of benzene rings is 1. The first-order valence-electron chi connectivity index (χ1n) is 8.04. The van der Waals surface area contributed by atoms with E-state index >= 15 is 0 Å². The summed E-state index contributed by atoms with van der Waals surface area (Å²) in [5.41, 5.74) is 1.16. The molecule has 0 aliphatic carbocycles. The SMILES string of the molecule is C[C@@H](Cc1ccccn1)NC(=O)c1coc(COc2ccccc2)n1. The molecule has 2 heterocycles. The highest BCUT2D eigenvalue weighted by Gasteiger charge is 2.15. The largest absolute Gasteiger partial charge is 0.484 e. The van der Waals surface area contributed by atoms with E-state index in [0.717, 1.165) is 11.4 Å². The Morgan fingerprint density at radius 1 is 1.20 bits per heavy atom. The standard InChI is InChI=1S/C19H19N3O3/c1-14(11-15-7-5-6-10-20-15)21-19(23)17-12-25-18(22-17)13-24-16-8-3-2-4-9-16/h2-10,12,14H,11,13H2,1H3,(H,21,23)/t14-/m0/s1. The van der Waals surface area contributed by atoms with E-state index in [9.17, 15) is 4.79 Å². The zero-order chi connectivity index (χ0) is 17.5. The molecule has 0 aliphatic heterocycles. The second-order valence-corrected chi connectivity index (χ2v) is 5.63. The van der Waals surface area contributed by atoms with Crippen LogP contribution in [0.5, 0.6) is 5.75 Å². The topological polar surface area (TPSA) is 77.2 Å². The number of nitrogens with one attached hydrogen (secondary N) is 1. The van der Waals surface area contributed by atoms with Crippen LogP contribution in [0, 0.1) is 0 Å². The number of amides is 1. The van der Waals surface area contributed by atoms with E-state index in [1.54, 1.807) is 6.20 Å². The van der Waals surface area contributed by atoms with Crippen molar-refractivity contribution >= 4 is 5.91 Å². The molecule has 0 saturated carbocycles. The summed E-state index contributed by atoms with van der Waals surface area (Å²) in [5, 5.41) is 2.89. The van der Waals surface area contributed by atoms with Crippen LogP contribution in [0.4, 0.5) is 0 Å². The Bertz CT molecular complexity index is 803. The van der Waals surface area contributed by atoms with Gasteiger partial charge in [-0.05, 0) is 31.2 Å². The van der Waals surface area contributed by atoms with E-state index in [1.807, 2.05) is 55.5 Å². The molecule has 2 aromatic heterocycles. The second-order valence-electron chi connectivity index (χ2n) is 5.63. The maximum absolute atomic E-state index is 12.2. The molecule has 6 heteroatoms. The fourth-order valence-corrected chi connectivity index (χ4v) is 2.32. The summed E-state index contributed by atoms with van der Waals surface area (Å²) in [5.74, 6) is 0.792. The molecule has 1 atom stereocenters. The average Bonchev–Trinajstić information content (AvgIpc) is 3.11. The molecular formula is C19H19N3O3. The fraction of sp³-hybridized carbons (Fsp3) is 0.211. The predicted octanol–water partition coefficient (Wildman–Crippen LogP) is 3.01. The van der Waals surface area contributed by atoms with Crippen LogP contribution in [0.1, 0.15) is 29.0 Å². The lowest BCUT2D eigenvalue weighted by molar-refractivity contribution is 0.0935. The van der Waals surface area contributed by atoms with Crippen molar-refractivity contribution in [2.45, 2.75) is 26.0 Å². The van der Waals surface area contributed by atoms with Crippen LogP contribution in [0.25, 0.3) is 0 Å². The highest BCUT2D eigenvalue weighted by Crippen LogP contribution is 2.11. The quantitative estimate of drug-likeness (QED) is 0.717. The Morgan fingerprint density at radius 2 is 2.00 bits per heavy atom. The van der Waals surface area contributed by atoms with Gasteiger partial charge in [0.1, 0.15) is 12.0 Å². The van der Waals surface area contributed by atoms with Gasteiger partial charge in [-0.2, -0.15) is 0 Å². The number of rotatable bonds is 7. The van der Waals surface area contributed by atoms with Gasteiger partial charge in [-0.15, -0.1) is 0 Å². The minimum Gasteiger partial charge on any atom is -0.484 e. The molecule has 0 aliphatic rings. The number of nitrogens with zero attached hydrogens (tertiary/aromatic N) is 2. The molecular weight excluding hydrogens is 318 g/mol. The van der Waals surface area contributed by atoms with Gasteiger partial charge in [0.05, 0.1) is 0 Å². The van der Waals surface area contributed by atoms with E-state index in [-0.39, 0.29) is 24.2 Å². The third-order valence-electron chi connectivity index (χ3n) is 3.51. The lowest BCUT2D eigenvalue weighted by Crippen LogP contribution is -2.34. The van der Waals surface area contributed by atoms with Crippen LogP contribution in [0.3, 0.4) is 0 Å². The summed E-state index contributed by atoms with van der Waals surface area (Å²) in [6.07, 6.45) is 3.72. The summed E-state index contributed by atoms with van der Waals surface area (Å²) >= 11 is 0. The summed E-state index contributed by atoms with van der Waals surface area (Å²) in [6, 6.07) is 15.0. The Labute approximate surface area is 145 Å². The van der Waals surface area contributed by atoms with Gasteiger partial charge in [0.25, 0.3) is 5.91 Å². The molecule has 1 aromatic carbocycles. The summed E-state index contributed by atoms with van der Waals surface area (Å²) in [6.45, 7) is 2.09. The van der Waals surface area contributed by atoms with Crippen LogP contribution in [0.2, 0.25) is 0 Å². The van der Waals surface area contributed by atoms with Crippen molar-refractivity contribution < 1.29 is 13.9 Å². The van der Waals surface area contributed by atoms with Crippen molar-refractivity contribution in [1.29, 1.82) is 0 Å². The normalized spacial score (nSPS) is 11.7. The van der Waals surface area contributed by atoms with E-state index in [0.29, 0.717) is 12.3 Å². The van der Waals surface area contributed by atoms with Crippen LogP contribution in [0.15, 0.2) is 65.4 Å². The Kier molecular flexibility index (Phi) is 5.41. The molecule has 6 nitrogen and oxygen atoms in total. The van der Waals surface area contributed by atoms with Crippen molar-refractivity contribution in [1.82, 2.24) is 15.3 Å². The molecule has 3 rings (SSSR count). The first kappa shape index (κ1) is 16.7. The van der Waals surface area contributed by atoms with Crippen LogP contribution >= 0.6 is 0 Å².